The van der Waals surface area contributed by atoms with E-state index in [9.17, 15) is 4.79 Å². The lowest BCUT2D eigenvalue weighted by atomic mass is 10.2. The topological polar surface area (TPSA) is 81.0 Å². The number of aromatic nitrogens is 2. The molecule has 0 amide bonds. The average molecular weight is 333 g/mol. The number of furan rings is 1. The van der Waals surface area contributed by atoms with Crippen LogP contribution in [0.15, 0.2) is 59.2 Å². The Morgan fingerprint density at radius 3 is 2.76 bits per heavy atom. The molecule has 124 valence electrons. The van der Waals surface area contributed by atoms with Gasteiger partial charge in [0.2, 0.25) is 5.78 Å². The van der Waals surface area contributed by atoms with E-state index in [-0.39, 0.29) is 12.4 Å². The smallest absolute Gasteiger partial charge is 0.206 e. The summed E-state index contributed by atoms with van der Waals surface area (Å²) in [4.78, 5) is 11.9. The van der Waals surface area contributed by atoms with Gasteiger partial charge >= 0.3 is 0 Å². The van der Waals surface area contributed by atoms with E-state index in [1.165, 1.54) is 6.08 Å². The summed E-state index contributed by atoms with van der Waals surface area (Å²) in [5, 5.41) is 12.8. The number of hydrogen-bond acceptors (Lipinski definition) is 5. The van der Waals surface area contributed by atoms with Gasteiger partial charge in [-0.3, -0.25) is 9.48 Å². The number of rotatable bonds is 6. The fourth-order valence-corrected chi connectivity index (χ4v) is 2.13. The van der Waals surface area contributed by atoms with E-state index in [1.807, 2.05) is 0 Å². The quantitative estimate of drug-likeness (QED) is 0.510. The van der Waals surface area contributed by atoms with E-state index in [0.29, 0.717) is 28.5 Å². The van der Waals surface area contributed by atoms with Crippen LogP contribution in [0.3, 0.4) is 0 Å². The van der Waals surface area contributed by atoms with Crippen molar-refractivity contribution >= 4 is 11.9 Å². The first kappa shape index (κ1) is 16.3. The molecule has 6 nitrogen and oxygen atoms in total. The van der Waals surface area contributed by atoms with Gasteiger partial charge < -0.3 is 9.15 Å². The molecule has 2 heterocycles. The monoisotopic (exact) mass is 333 g/mol. The zero-order valence-electron chi connectivity index (χ0n) is 13.5. The molecule has 0 spiro atoms. The molecule has 3 aromatic rings. The van der Waals surface area contributed by atoms with E-state index in [1.54, 1.807) is 66.5 Å². The lowest BCUT2D eigenvalue weighted by Gasteiger charge is -2.03. The zero-order valence-corrected chi connectivity index (χ0v) is 13.5. The maximum absolute atomic E-state index is 11.9. The second kappa shape index (κ2) is 7.32. The summed E-state index contributed by atoms with van der Waals surface area (Å²) in [6.45, 7) is 0.258. The van der Waals surface area contributed by atoms with Crippen LogP contribution in [0.25, 0.3) is 6.08 Å². The second-order valence-corrected chi connectivity index (χ2v) is 5.30. The standard InChI is InChI=1S/C19H15N3O3/c1-22-11-10-18(21-22)19(23)9-8-16-6-7-17(25-16)13-24-15-4-2-14(12-20)3-5-15/h2-11H,13H2,1H3/b9-8+. The van der Waals surface area contributed by atoms with Crippen molar-refractivity contribution in [1.82, 2.24) is 9.78 Å². The number of allylic oxidation sites excluding steroid dienone is 1. The van der Waals surface area contributed by atoms with Gasteiger partial charge in [0, 0.05) is 13.2 Å². The molecule has 6 heteroatoms. The molecule has 0 atom stereocenters. The maximum atomic E-state index is 11.9. The Bertz CT molecular complexity index is 943. The molecule has 0 aliphatic heterocycles. The number of nitriles is 1. The van der Waals surface area contributed by atoms with Crippen LogP contribution in [0.1, 0.15) is 27.6 Å². The number of carbonyl (C=O) groups excluding carboxylic acids is 1. The highest BCUT2D eigenvalue weighted by atomic mass is 16.5. The van der Waals surface area contributed by atoms with Gasteiger partial charge in [0.15, 0.2) is 0 Å². The van der Waals surface area contributed by atoms with Crippen molar-refractivity contribution in [3.8, 4) is 11.8 Å². The van der Waals surface area contributed by atoms with Crippen LogP contribution < -0.4 is 4.74 Å². The minimum Gasteiger partial charge on any atom is -0.486 e. The fourth-order valence-electron chi connectivity index (χ4n) is 2.13. The van der Waals surface area contributed by atoms with Gasteiger partial charge in [-0.05, 0) is 54.6 Å². The Morgan fingerprint density at radius 2 is 2.08 bits per heavy atom. The molecule has 2 aromatic heterocycles. The third-order valence-corrected chi connectivity index (χ3v) is 3.41. The SMILES string of the molecule is Cn1ccc(C(=O)/C=C/c2ccc(COc3ccc(C#N)cc3)o2)n1. The Kier molecular flexibility index (Phi) is 4.77. The van der Waals surface area contributed by atoms with Crippen LogP contribution in [0.5, 0.6) is 5.75 Å². The lowest BCUT2D eigenvalue weighted by Crippen LogP contribution is -1.97. The summed E-state index contributed by atoms with van der Waals surface area (Å²) in [6.07, 6.45) is 4.74. The van der Waals surface area contributed by atoms with Gasteiger partial charge in [0.25, 0.3) is 0 Å². The molecule has 0 unspecified atom stereocenters. The normalized spacial score (nSPS) is 10.7. The predicted octanol–water partition coefficient (Wildman–Crippen LogP) is 3.36. The van der Waals surface area contributed by atoms with Gasteiger partial charge in [-0.15, -0.1) is 0 Å². The highest BCUT2D eigenvalue weighted by Crippen LogP contribution is 2.16. The second-order valence-electron chi connectivity index (χ2n) is 5.30. The molecule has 0 radical (unpaired) electrons. The summed E-state index contributed by atoms with van der Waals surface area (Å²) in [5.74, 6) is 1.65. The number of ether oxygens (including phenoxy) is 1. The minimum atomic E-state index is -0.188. The Hall–Kier alpha value is -3.59. The van der Waals surface area contributed by atoms with E-state index in [2.05, 4.69) is 11.2 Å². The first-order chi connectivity index (χ1) is 12.1. The van der Waals surface area contributed by atoms with E-state index >= 15 is 0 Å². The Balaban J connectivity index is 1.57. The van der Waals surface area contributed by atoms with Crippen LogP contribution in [-0.2, 0) is 13.7 Å². The first-order valence-corrected chi connectivity index (χ1v) is 7.58. The maximum Gasteiger partial charge on any atom is 0.206 e. The minimum absolute atomic E-state index is 0.188. The summed E-state index contributed by atoms with van der Waals surface area (Å²) >= 11 is 0. The van der Waals surface area contributed by atoms with Gasteiger partial charge in [-0.2, -0.15) is 10.4 Å². The van der Waals surface area contributed by atoms with Crippen LogP contribution >= 0.6 is 0 Å². The molecule has 0 saturated carbocycles. The van der Waals surface area contributed by atoms with Crippen molar-refractivity contribution < 1.29 is 13.9 Å². The molecular formula is C19H15N3O3. The Labute approximate surface area is 144 Å². The zero-order chi connectivity index (χ0) is 17.6. The van der Waals surface area contributed by atoms with Gasteiger partial charge in [-0.25, -0.2) is 0 Å². The number of hydrogen-bond donors (Lipinski definition) is 0. The molecule has 0 N–H and O–H groups in total. The summed E-state index contributed by atoms with van der Waals surface area (Å²) in [7, 11) is 1.76. The number of aryl methyl sites for hydroxylation is 1. The fraction of sp³-hybridized carbons (Fsp3) is 0.105. The molecule has 0 aliphatic carbocycles. The van der Waals surface area contributed by atoms with E-state index in [0.717, 1.165) is 0 Å². The summed E-state index contributed by atoms with van der Waals surface area (Å²) < 4.78 is 12.8. The highest BCUT2D eigenvalue weighted by molar-refractivity contribution is 6.05. The molecule has 0 bridgehead atoms. The largest absolute Gasteiger partial charge is 0.486 e. The number of benzene rings is 1. The first-order valence-electron chi connectivity index (χ1n) is 7.58. The number of carbonyl (C=O) groups is 1. The molecule has 1 aromatic carbocycles. The third kappa shape index (κ3) is 4.24. The van der Waals surface area contributed by atoms with Crippen LogP contribution in [0.2, 0.25) is 0 Å². The lowest BCUT2D eigenvalue weighted by molar-refractivity contribution is 0.104. The summed E-state index contributed by atoms with van der Waals surface area (Å²) in [6, 6.07) is 14.1. The van der Waals surface area contributed by atoms with E-state index in [4.69, 9.17) is 14.4 Å². The molecule has 0 aliphatic rings. The van der Waals surface area contributed by atoms with Gasteiger partial charge in [-0.1, -0.05) is 0 Å². The number of nitrogens with zero attached hydrogens (tertiary/aromatic N) is 3. The van der Waals surface area contributed by atoms with Crippen LogP contribution in [0.4, 0.5) is 0 Å². The van der Waals surface area contributed by atoms with Crippen molar-refractivity contribution in [2.24, 2.45) is 7.05 Å². The molecule has 0 saturated heterocycles. The molecule has 3 rings (SSSR count). The average Bonchev–Trinajstić information content (AvgIpc) is 3.27. The van der Waals surface area contributed by atoms with Crippen molar-refractivity contribution in [3.05, 3.63) is 77.5 Å². The Morgan fingerprint density at radius 1 is 1.28 bits per heavy atom. The van der Waals surface area contributed by atoms with Crippen molar-refractivity contribution in [1.29, 1.82) is 5.26 Å². The van der Waals surface area contributed by atoms with Gasteiger partial charge in [0.1, 0.15) is 29.6 Å². The van der Waals surface area contributed by atoms with Crippen LogP contribution in [0, 0.1) is 11.3 Å². The van der Waals surface area contributed by atoms with Crippen molar-refractivity contribution in [2.45, 2.75) is 6.61 Å². The molecule has 25 heavy (non-hydrogen) atoms. The third-order valence-electron chi connectivity index (χ3n) is 3.41. The number of ketones is 1. The van der Waals surface area contributed by atoms with Crippen molar-refractivity contribution in [2.75, 3.05) is 0 Å². The van der Waals surface area contributed by atoms with Gasteiger partial charge in [0.05, 0.1) is 11.6 Å². The molecular weight excluding hydrogens is 318 g/mol. The predicted molar refractivity (Wildman–Crippen MR) is 90.8 cm³/mol. The highest BCUT2D eigenvalue weighted by Gasteiger charge is 2.06. The summed E-state index contributed by atoms with van der Waals surface area (Å²) in [5.41, 5.74) is 0.963. The van der Waals surface area contributed by atoms with E-state index < -0.39 is 0 Å². The van der Waals surface area contributed by atoms with Crippen LogP contribution in [-0.4, -0.2) is 15.6 Å². The molecule has 0 fully saturated rings. The van der Waals surface area contributed by atoms with Crippen molar-refractivity contribution in [3.63, 3.8) is 0 Å².